The van der Waals surface area contributed by atoms with Gasteiger partial charge in [0.05, 0.1) is 12.1 Å². The lowest BCUT2D eigenvalue weighted by molar-refractivity contribution is -0.119. The third-order valence-corrected chi connectivity index (χ3v) is 5.77. The van der Waals surface area contributed by atoms with E-state index in [4.69, 9.17) is 15.7 Å². The molecule has 0 aliphatic carbocycles. The molecule has 3 aromatic rings. The van der Waals surface area contributed by atoms with Crippen LogP contribution >= 0.6 is 0 Å². The molecule has 1 saturated heterocycles. The molecule has 2 aromatic carbocycles. The lowest BCUT2D eigenvalue weighted by Gasteiger charge is -2.35. The fourth-order valence-corrected chi connectivity index (χ4v) is 4.02. The Morgan fingerprint density at radius 2 is 1.68 bits per heavy atom. The summed E-state index contributed by atoms with van der Waals surface area (Å²) in [5.41, 5.74) is 7.75. The van der Waals surface area contributed by atoms with Gasteiger partial charge >= 0.3 is 0 Å². The highest BCUT2D eigenvalue weighted by Crippen LogP contribution is 2.23. The Morgan fingerprint density at radius 3 is 2.35 bits per heavy atom. The van der Waals surface area contributed by atoms with Crippen LogP contribution in [0.5, 0.6) is 0 Å². The topological polar surface area (TPSA) is 87.4 Å². The van der Waals surface area contributed by atoms with Gasteiger partial charge in [0.2, 0.25) is 5.91 Å². The molecule has 31 heavy (non-hydrogen) atoms. The third-order valence-electron chi connectivity index (χ3n) is 5.77. The van der Waals surface area contributed by atoms with E-state index in [0.717, 1.165) is 42.9 Å². The molecule has 2 heterocycles. The Labute approximate surface area is 183 Å². The van der Waals surface area contributed by atoms with Crippen molar-refractivity contribution in [2.24, 2.45) is 11.7 Å². The molecule has 7 nitrogen and oxygen atoms in total. The highest BCUT2D eigenvalue weighted by molar-refractivity contribution is 5.91. The summed E-state index contributed by atoms with van der Waals surface area (Å²) in [5, 5.41) is 4.17. The average molecular weight is 419 g/mol. The number of benzene rings is 2. The number of para-hydroxylation sites is 2. The zero-order valence-electron chi connectivity index (χ0n) is 18.2. The van der Waals surface area contributed by atoms with E-state index in [0.29, 0.717) is 12.4 Å². The Balaban J connectivity index is 1.51. The summed E-state index contributed by atoms with van der Waals surface area (Å²) in [7, 11) is 0. The number of hydrogen-bond acceptors (Lipinski definition) is 6. The van der Waals surface area contributed by atoms with Crippen LogP contribution in [0.25, 0.3) is 10.9 Å². The summed E-state index contributed by atoms with van der Waals surface area (Å²) in [4.78, 5) is 26.3. The van der Waals surface area contributed by atoms with Gasteiger partial charge in [0.15, 0.2) is 0 Å². The highest BCUT2D eigenvalue weighted by atomic mass is 16.1. The molecule has 1 aliphatic rings. The third kappa shape index (κ3) is 4.94. The van der Waals surface area contributed by atoms with Crippen molar-refractivity contribution in [3.05, 3.63) is 60.4 Å². The minimum absolute atomic E-state index is 0.0562. The molecular formula is C24H30N6O. The van der Waals surface area contributed by atoms with Crippen LogP contribution in [0, 0.1) is 5.92 Å². The van der Waals surface area contributed by atoms with Crippen LogP contribution in [0.2, 0.25) is 0 Å². The smallest absolute Gasteiger partial charge is 0.240 e. The van der Waals surface area contributed by atoms with Crippen LogP contribution < -0.4 is 16.0 Å². The van der Waals surface area contributed by atoms with Crippen molar-refractivity contribution in [1.29, 1.82) is 0 Å². The lowest BCUT2D eigenvalue weighted by atomic mass is 10.0. The van der Waals surface area contributed by atoms with E-state index in [1.807, 2.05) is 44.2 Å². The van der Waals surface area contributed by atoms with Gasteiger partial charge < -0.3 is 16.0 Å². The SMILES string of the molecule is CC(C)C(Nc1nc(CN2CCN(c3ccccc3)CC2)nc2ccccc12)C(N)=O. The second kappa shape index (κ2) is 9.31. The van der Waals surface area contributed by atoms with Gasteiger partial charge in [-0.2, -0.15) is 0 Å². The highest BCUT2D eigenvalue weighted by Gasteiger charge is 2.22. The van der Waals surface area contributed by atoms with Crippen LogP contribution in [-0.2, 0) is 11.3 Å². The number of anilines is 2. The van der Waals surface area contributed by atoms with Crippen molar-refractivity contribution in [2.75, 3.05) is 36.4 Å². The van der Waals surface area contributed by atoms with E-state index in [2.05, 4.69) is 39.4 Å². The zero-order chi connectivity index (χ0) is 21.8. The molecule has 1 amide bonds. The number of nitrogens with one attached hydrogen (secondary N) is 1. The van der Waals surface area contributed by atoms with E-state index in [1.165, 1.54) is 5.69 Å². The molecule has 0 spiro atoms. The number of nitrogens with two attached hydrogens (primary N) is 1. The number of rotatable bonds is 7. The number of aromatic nitrogens is 2. The predicted octanol–water partition coefficient (Wildman–Crippen LogP) is 2.87. The summed E-state index contributed by atoms with van der Waals surface area (Å²) >= 11 is 0. The van der Waals surface area contributed by atoms with E-state index in [9.17, 15) is 4.79 Å². The molecule has 0 saturated carbocycles. The van der Waals surface area contributed by atoms with Crippen LogP contribution in [0.1, 0.15) is 19.7 Å². The molecular weight excluding hydrogens is 388 g/mol. The summed E-state index contributed by atoms with van der Waals surface area (Å²) in [6.45, 7) is 8.45. The fourth-order valence-electron chi connectivity index (χ4n) is 4.02. The van der Waals surface area contributed by atoms with Crippen LogP contribution in [0.3, 0.4) is 0 Å². The Hall–Kier alpha value is -3.19. The van der Waals surface area contributed by atoms with Crippen LogP contribution in [-0.4, -0.2) is 53.0 Å². The first-order valence-electron chi connectivity index (χ1n) is 10.8. The van der Waals surface area contributed by atoms with E-state index in [1.54, 1.807) is 0 Å². The van der Waals surface area contributed by atoms with Gasteiger partial charge in [-0.05, 0) is 30.2 Å². The number of nitrogens with zero attached hydrogens (tertiary/aromatic N) is 4. The Morgan fingerprint density at radius 1 is 1.00 bits per heavy atom. The largest absolute Gasteiger partial charge is 0.369 e. The van der Waals surface area contributed by atoms with E-state index in [-0.39, 0.29) is 11.8 Å². The summed E-state index contributed by atoms with van der Waals surface area (Å²) in [6.07, 6.45) is 0. The first kappa shape index (κ1) is 21.1. The molecule has 4 rings (SSSR count). The minimum atomic E-state index is -0.486. The van der Waals surface area contributed by atoms with Gasteiger partial charge in [0.1, 0.15) is 17.7 Å². The molecule has 0 radical (unpaired) electrons. The number of carbonyl (C=O) groups excluding carboxylic acids is 1. The van der Waals surface area contributed by atoms with Gasteiger partial charge in [0, 0.05) is 37.3 Å². The number of hydrogen-bond donors (Lipinski definition) is 2. The van der Waals surface area contributed by atoms with Crippen molar-refractivity contribution in [2.45, 2.75) is 26.4 Å². The first-order valence-corrected chi connectivity index (χ1v) is 10.8. The van der Waals surface area contributed by atoms with Crippen molar-refractivity contribution >= 4 is 28.3 Å². The maximum atomic E-state index is 11.9. The fraction of sp³-hybridized carbons (Fsp3) is 0.375. The maximum Gasteiger partial charge on any atom is 0.240 e. The monoisotopic (exact) mass is 418 g/mol. The Bertz CT molecular complexity index is 1030. The number of amides is 1. The minimum Gasteiger partial charge on any atom is -0.369 e. The summed E-state index contributed by atoms with van der Waals surface area (Å²) in [5.74, 6) is 1.10. The molecule has 0 bridgehead atoms. The molecule has 1 aliphatic heterocycles. The van der Waals surface area contributed by atoms with Gasteiger partial charge in [-0.1, -0.05) is 44.2 Å². The summed E-state index contributed by atoms with van der Waals surface area (Å²) in [6, 6.07) is 17.9. The molecule has 7 heteroatoms. The number of carbonyl (C=O) groups is 1. The Kier molecular flexibility index (Phi) is 6.32. The molecule has 1 unspecified atom stereocenters. The van der Waals surface area contributed by atoms with Crippen LogP contribution in [0.4, 0.5) is 11.5 Å². The molecule has 1 atom stereocenters. The average Bonchev–Trinajstić information content (AvgIpc) is 2.78. The van der Waals surface area contributed by atoms with Gasteiger partial charge in [-0.25, -0.2) is 9.97 Å². The molecule has 1 aromatic heterocycles. The zero-order valence-corrected chi connectivity index (χ0v) is 18.2. The number of fused-ring (bicyclic) bond motifs is 1. The second-order valence-electron chi connectivity index (χ2n) is 8.37. The standard InChI is InChI=1S/C24H30N6O/c1-17(2)22(23(25)31)28-24-19-10-6-7-11-20(19)26-21(27-24)16-29-12-14-30(15-13-29)18-8-4-3-5-9-18/h3-11,17,22H,12-16H2,1-2H3,(H2,25,31)(H,26,27,28). The van der Waals surface area contributed by atoms with E-state index < -0.39 is 6.04 Å². The van der Waals surface area contributed by atoms with Gasteiger partial charge in [-0.15, -0.1) is 0 Å². The predicted molar refractivity (Wildman–Crippen MR) is 125 cm³/mol. The van der Waals surface area contributed by atoms with Crippen molar-refractivity contribution < 1.29 is 4.79 Å². The quantitative estimate of drug-likeness (QED) is 0.614. The first-order chi connectivity index (χ1) is 15.0. The number of primary amides is 1. The van der Waals surface area contributed by atoms with Crippen molar-refractivity contribution in [3.8, 4) is 0 Å². The molecule has 1 fully saturated rings. The van der Waals surface area contributed by atoms with Gasteiger partial charge in [0.25, 0.3) is 0 Å². The molecule has 162 valence electrons. The van der Waals surface area contributed by atoms with Crippen LogP contribution in [0.15, 0.2) is 54.6 Å². The summed E-state index contributed by atoms with van der Waals surface area (Å²) < 4.78 is 0. The normalized spacial score (nSPS) is 15.9. The molecule has 3 N–H and O–H groups in total. The van der Waals surface area contributed by atoms with Crippen molar-refractivity contribution in [1.82, 2.24) is 14.9 Å². The lowest BCUT2D eigenvalue weighted by Crippen LogP contribution is -2.46. The maximum absolute atomic E-state index is 11.9. The van der Waals surface area contributed by atoms with E-state index >= 15 is 0 Å². The van der Waals surface area contributed by atoms with Crippen molar-refractivity contribution in [3.63, 3.8) is 0 Å². The number of piperazine rings is 1. The second-order valence-corrected chi connectivity index (χ2v) is 8.37. The van der Waals surface area contributed by atoms with Gasteiger partial charge in [-0.3, -0.25) is 9.69 Å².